The van der Waals surface area contributed by atoms with Gasteiger partial charge in [-0.25, -0.2) is 0 Å². The summed E-state index contributed by atoms with van der Waals surface area (Å²) >= 11 is 0. The summed E-state index contributed by atoms with van der Waals surface area (Å²) in [5.74, 6) is 0.832. The van der Waals surface area contributed by atoms with Crippen molar-refractivity contribution in [1.29, 1.82) is 0 Å². The highest BCUT2D eigenvalue weighted by Gasteiger charge is 2.45. The van der Waals surface area contributed by atoms with E-state index < -0.39 is 11.7 Å². The molecule has 2 atom stereocenters. The molecule has 1 heterocycles. The van der Waals surface area contributed by atoms with E-state index in [9.17, 15) is 5.11 Å². The van der Waals surface area contributed by atoms with Gasteiger partial charge in [-0.2, -0.15) is 0 Å². The van der Waals surface area contributed by atoms with Crippen LogP contribution in [0.3, 0.4) is 0 Å². The molecule has 3 nitrogen and oxygen atoms in total. The molecule has 0 radical (unpaired) electrons. The zero-order valence-electron chi connectivity index (χ0n) is 14.7. The van der Waals surface area contributed by atoms with Gasteiger partial charge in [0.05, 0.1) is 6.04 Å². The number of nitrogens with zero attached hydrogens (tertiary/aromatic N) is 1. The maximum absolute atomic E-state index is 11.1. The van der Waals surface area contributed by atoms with E-state index in [0.29, 0.717) is 0 Å². The Morgan fingerprint density at radius 2 is 1.77 bits per heavy atom. The van der Waals surface area contributed by atoms with Crippen LogP contribution in [0.25, 0.3) is 0 Å². The Hall–Kier alpha value is -1.06. The third-order valence-corrected chi connectivity index (χ3v) is 4.60. The lowest BCUT2D eigenvalue weighted by atomic mass is 9.84. The van der Waals surface area contributed by atoms with Gasteiger partial charge in [-0.15, -0.1) is 0 Å². The van der Waals surface area contributed by atoms with Gasteiger partial charge in [0.2, 0.25) is 0 Å². The lowest BCUT2D eigenvalue weighted by Crippen LogP contribution is -2.58. The molecule has 1 aliphatic rings. The number of aryl methyl sites for hydroxylation is 1. The molecule has 2 unspecified atom stereocenters. The third kappa shape index (κ3) is 3.31. The van der Waals surface area contributed by atoms with Crippen LogP contribution >= 0.6 is 0 Å². The van der Waals surface area contributed by atoms with E-state index in [2.05, 4.69) is 51.7 Å². The Bertz CT molecular complexity index is 492. The molecule has 22 heavy (non-hydrogen) atoms. The fraction of sp³-hybridized carbons (Fsp3) is 0.684. The molecule has 0 amide bonds. The van der Waals surface area contributed by atoms with Gasteiger partial charge in [-0.1, -0.05) is 26.8 Å². The maximum Gasteiger partial charge on any atom is 0.126 e. The van der Waals surface area contributed by atoms with E-state index in [0.717, 1.165) is 43.7 Å². The van der Waals surface area contributed by atoms with Crippen LogP contribution in [-0.2, 0) is 6.42 Å². The summed E-state index contributed by atoms with van der Waals surface area (Å²) in [4.78, 5) is 2.40. The molecule has 0 fully saturated rings. The van der Waals surface area contributed by atoms with E-state index in [1.165, 1.54) is 5.56 Å². The van der Waals surface area contributed by atoms with Crippen molar-refractivity contribution in [2.24, 2.45) is 0 Å². The third-order valence-electron chi connectivity index (χ3n) is 4.60. The van der Waals surface area contributed by atoms with Crippen molar-refractivity contribution < 1.29 is 9.84 Å². The first kappa shape index (κ1) is 17.3. The number of aliphatic hydroxyl groups excluding tert-OH is 1. The van der Waals surface area contributed by atoms with Crippen molar-refractivity contribution >= 4 is 0 Å². The summed E-state index contributed by atoms with van der Waals surface area (Å²) in [5, 5.41) is 11.1. The molecule has 0 spiro atoms. The van der Waals surface area contributed by atoms with Gasteiger partial charge in [-0.3, -0.25) is 4.90 Å². The standard InChI is InChI=1S/C19H31NO2/c1-6-11-20(12-7-2)18-17(21)15-13-14(8-3)9-10-16(15)22-19(18,4)5/h9-10,13,17-18,21H,6-8,11-12H2,1-5H3. The first-order chi connectivity index (χ1) is 10.4. The fourth-order valence-corrected chi connectivity index (χ4v) is 3.64. The molecule has 1 aromatic rings. The summed E-state index contributed by atoms with van der Waals surface area (Å²) < 4.78 is 6.27. The summed E-state index contributed by atoms with van der Waals surface area (Å²) in [7, 11) is 0. The van der Waals surface area contributed by atoms with Crippen LogP contribution in [0.2, 0.25) is 0 Å². The van der Waals surface area contributed by atoms with Gasteiger partial charge in [0, 0.05) is 5.56 Å². The average Bonchev–Trinajstić information content (AvgIpc) is 2.46. The number of ether oxygens (including phenoxy) is 1. The van der Waals surface area contributed by atoms with Crippen molar-refractivity contribution in [3.05, 3.63) is 29.3 Å². The smallest absolute Gasteiger partial charge is 0.126 e. The molecule has 0 aromatic heterocycles. The molecule has 3 heteroatoms. The molecule has 0 aliphatic carbocycles. The van der Waals surface area contributed by atoms with Crippen molar-refractivity contribution in [3.63, 3.8) is 0 Å². The number of hydrogen-bond acceptors (Lipinski definition) is 3. The number of aliphatic hydroxyl groups is 1. The van der Waals surface area contributed by atoms with Crippen molar-refractivity contribution in [3.8, 4) is 5.75 Å². The van der Waals surface area contributed by atoms with Gasteiger partial charge < -0.3 is 9.84 Å². The van der Waals surface area contributed by atoms with Gasteiger partial charge in [-0.05, 0) is 63.9 Å². The van der Waals surface area contributed by atoms with E-state index in [-0.39, 0.29) is 6.04 Å². The SMILES string of the molecule is CCCN(CCC)C1C(O)c2cc(CC)ccc2OC1(C)C. The molecular formula is C19H31NO2. The van der Waals surface area contributed by atoms with E-state index in [4.69, 9.17) is 4.74 Å². The number of fused-ring (bicyclic) bond motifs is 1. The van der Waals surface area contributed by atoms with E-state index in [1.807, 2.05) is 6.07 Å². The minimum Gasteiger partial charge on any atom is -0.486 e. The molecular weight excluding hydrogens is 274 g/mol. The second-order valence-corrected chi connectivity index (χ2v) is 6.86. The molecule has 0 saturated heterocycles. The second-order valence-electron chi connectivity index (χ2n) is 6.86. The zero-order valence-corrected chi connectivity index (χ0v) is 14.7. The summed E-state index contributed by atoms with van der Waals surface area (Å²) in [6.07, 6.45) is 2.65. The first-order valence-electron chi connectivity index (χ1n) is 8.68. The first-order valence-corrected chi connectivity index (χ1v) is 8.68. The van der Waals surface area contributed by atoms with Crippen LogP contribution in [0.5, 0.6) is 5.75 Å². The van der Waals surface area contributed by atoms with E-state index in [1.54, 1.807) is 0 Å². The highest BCUT2D eigenvalue weighted by molar-refractivity contribution is 5.42. The van der Waals surface area contributed by atoms with Crippen LogP contribution in [0.4, 0.5) is 0 Å². The van der Waals surface area contributed by atoms with Gasteiger partial charge in [0.25, 0.3) is 0 Å². The second kappa shape index (κ2) is 7.01. The Labute approximate surface area is 135 Å². The maximum atomic E-state index is 11.1. The Morgan fingerprint density at radius 1 is 1.14 bits per heavy atom. The van der Waals surface area contributed by atoms with Gasteiger partial charge >= 0.3 is 0 Å². The highest BCUT2D eigenvalue weighted by atomic mass is 16.5. The van der Waals surface area contributed by atoms with Crippen LogP contribution < -0.4 is 4.74 Å². The fourth-order valence-electron chi connectivity index (χ4n) is 3.64. The van der Waals surface area contributed by atoms with Crippen LogP contribution in [0.1, 0.15) is 64.7 Å². The normalized spacial score (nSPS) is 23.2. The Kier molecular flexibility index (Phi) is 5.51. The molecule has 0 saturated carbocycles. The predicted octanol–water partition coefficient (Wildman–Crippen LogP) is 3.94. The summed E-state index contributed by atoms with van der Waals surface area (Å²) in [6.45, 7) is 12.7. The van der Waals surface area contributed by atoms with Crippen molar-refractivity contribution in [2.45, 2.75) is 71.6 Å². The topological polar surface area (TPSA) is 32.7 Å². The summed E-state index contributed by atoms with van der Waals surface area (Å²) in [5.41, 5.74) is 1.79. The van der Waals surface area contributed by atoms with Gasteiger partial charge in [0.1, 0.15) is 17.5 Å². The Morgan fingerprint density at radius 3 is 2.32 bits per heavy atom. The van der Waals surface area contributed by atoms with Crippen LogP contribution in [0, 0.1) is 0 Å². The molecule has 2 rings (SSSR count). The number of benzene rings is 1. The lowest BCUT2D eigenvalue weighted by molar-refractivity contribution is -0.0827. The Balaban J connectivity index is 2.40. The monoisotopic (exact) mass is 305 g/mol. The molecule has 1 N–H and O–H groups in total. The predicted molar refractivity (Wildman–Crippen MR) is 91.4 cm³/mol. The van der Waals surface area contributed by atoms with Crippen LogP contribution in [-0.4, -0.2) is 34.7 Å². The number of hydrogen-bond donors (Lipinski definition) is 1. The molecule has 1 aromatic carbocycles. The molecule has 1 aliphatic heterocycles. The van der Waals surface area contributed by atoms with E-state index >= 15 is 0 Å². The zero-order chi connectivity index (χ0) is 16.3. The molecule has 0 bridgehead atoms. The minimum absolute atomic E-state index is 0.00740. The largest absolute Gasteiger partial charge is 0.486 e. The van der Waals surface area contributed by atoms with Crippen molar-refractivity contribution in [2.75, 3.05) is 13.1 Å². The van der Waals surface area contributed by atoms with Crippen molar-refractivity contribution in [1.82, 2.24) is 4.90 Å². The lowest BCUT2D eigenvalue weighted by Gasteiger charge is -2.48. The summed E-state index contributed by atoms with van der Waals surface area (Å²) in [6, 6.07) is 6.21. The average molecular weight is 305 g/mol. The molecule has 124 valence electrons. The minimum atomic E-state index is -0.497. The quantitative estimate of drug-likeness (QED) is 0.864. The van der Waals surface area contributed by atoms with Gasteiger partial charge in [0.15, 0.2) is 0 Å². The highest BCUT2D eigenvalue weighted by Crippen LogP contribution is 2.42. The number of rotatable bonds is 6. The van der Waals surface area contributed by atoms with Crippen LogP contribution in [0.15, 0.2) is 18.2 Å².